The maximum Gasteiger partial charge on any atom is 0.0970 e. The summed E-state index contributed by atoms with van der Waals surface area (Å²) in [7, 11) is 0. The van der Waals surface area contributed by atoms with Crippen LogP contribution >= 0.6 is 0 Å². The second-order valence-corrected chi connectivity index (χ2v) is 15.8. The van der Waals surface area contributed by atoms with Crippen LogP contribution in [0.4, 0.5) is 0 Å². The van der Waals surface area contributed by atoms with E-state index in [1.807, 2.05) is 24.5 Å². The van der Waals surface area contributed by atoms with Gasteiger partial charge >= 0.3 is 0 Å². The van der Waals surface area contributed by atoms with E-state index in [-0.39, 0.29) is 0 Å². The predicted molar refractivity (Wildman–Crippen MR) is 251 cm³/mol. The van der Waals surface area contributed by atoms with Gasteiger partial charge in [-0.15, -0.1) is 0 Å². The molecule has 0 saturated heterocycles. The van der Waals surface area contributed by atoms with Crippen molar-refractivity contribution in [3.63, 3.8) is 0 Å². The zero-order valence-electron chi connectivity index (χ0n) is 32.4. The van der Waals surface area contributed by atoms with E-state index in [1.54, 1.807) is 0 Å². The first-order valence-electron chi connectivity index (χ1n) is 20.3. The van der Waals surface area contributed by atoms with Crippen molar-refractivity contribution in [2.45, 2.75) is 6.92 Å². The van der Waals surface area contributed by atoms with Crippen LogP contribution < -0.4 is 0 Å². The summed E-state index contributed by atoms with van der Waals surface area (Å²) in [5.74, 6) is 0. The van der Waals surface area contributed by atoms with Gasteiger partial charge in [0.25, 0.3) is 0 Å². The van der Waals surface area contributed by atoms with Gasteiger partial charge in [-0.3, -0.25) is 9.97 Å². The Labute approximate surface area is 341 Å². The zero-order valence-corrected chi connectivity index (χ0v) is 32.4. The Balaban J connectivity index is 0.891. The molecule has 274 valence electrons. The lowest BCUT2D eigenvalue weighted by Crippen LogP contribution is -1.89. The maximum atomic E-state index is 4.72. The second kappa shape index (κ2) is 13.2. The van der Waals surface area contributed by atoms with Crippen LogP contribution in [0, 0.1) is 6.92 Å². The van der Waals surface area contributed by atoms with E-state index in [0.29, 0.717) is 0 Å². The van der Waals surface area contributed by atoms with Gasteiger partial charge in [0, 0.05) is 23.2 Å². The number of hydrogen-bond acceptors (Lipinski definition) is 2. The number of aromatic nitrogens is 2. The van der Waals surface area contributed by atoms with Crippen LogP contribution in [0.5, 0.6) is 0 Å². The Morgan fingerprint density at radius 3 is 1.54 bits per heavy atom. The van der Waals surface area contributed by atoms with E-state index in [0.717, 1.165) is 21.8 Å². The molecule has 0 aliphatic carbocycles. The Morgan fingerprint density at radius 1 is 0.288 bits per heavy atom. The topological polar surface area (TPSA) is 25.8 Å². The molecule has 0 atom stereocenters. The van der Waals surface area contributed by atoms with Gasteiger partial charge in [0.1, 0.15) is 0 Å². The van der Waals surface area contributed by atoms with Gasteiger partial charge in [0.05, 0.1) is 11.0 Å². The quantitative estimate of drug-likeness (QED) is 0.168. The minimum atomic E-state index is 0.937. The first-order valence-corrected chi connectivity index (χ1v) is 20.3. The summed E-state index contributed by atoms with van der Waals surface area (Å²) < 4.78 is 0. The molecule has 0 aliphatic rings. The average Bonchev–Trinajstić information content (AvgIpc) is 3.30. The second-order valence-electron chi connectivity index (χ2n) is 15.8. The van der Waals surface area contributed by atoms with E-state index in [1.165, 1.54) is 104 Å². The van der Waals surface area contributed by atoms with Gasteiger partial charge in [-0.2, -0.15) is 0 Å². The molecule has 12 rings (SSSR count). The van der Waals surface area contributed by atoms with Crippen LogP contribution in [-0.2, 0) is 0 Å². The highest BCUT2D eigenvalue weighted by molar-refractivity contribution is 6.21. The van der Waals surface area contributed by atoms with Crippen LogP contribution in [0.3, 0.4) is 0 Å². The van der Waals surface area contributed by atoms with Crippen molar-refractivity contribution in [1.82, 2.24) is 9.97 Å². The number of aryl methyl sites for hydroxylation is 1. The van der Waals surface area contributed by atoms with Gasteiger partial charge in [0.15, 0.2) is 0 Å². The Kier molecular flexibility index (Phi) is 7.48. The van der Waals surface area contributed by atoms with Crippen molar-refractivity contribution >= 4 is 75.7 Å². The van der Waals surface area contributed by atoms with E-state index < -0.39 is 0 Å². The van der Waals surface area contributed by atoms with E-state index in [2.05, 4.69) is 188 Å². The largest absolute Gasteiger partial charge is 0.254 e. The standard InChI is InChI=1S/C57H36N2/c1-35-7-2-8-38-19-20-40-10-4-13-50(55(40)53(35)38)49-12-3-9-39-21-25-45-32-42(27-28-48(45)54(39)49)37-17-15-36(16-18-37)41-22-23-44-33-46(26-24-43(44)31-41)52-34-47-11-5-29-58-56(47)57-51(52)14-6-30-59-57/h2-34H,1H3. The zero-order chi connectivity index (χ0) is 39.0. The van der Waals surface area contributed by atoms with Crippen LogP contribution in [0.1, 0.15) is 5.56 Å². The molecule has 12 aromatic rings. The lowest BCUT2D eigenvalue weighted by Gasteiger charge is -2.16. The third-order valence-electron chi connectivity index (χ3n) is 12.4. The van der Waals surface area contributed by atoms with Gasteiger partial charge in [-0.1, -0.05) is 152 Å². The van der Waals surface area contributed by atoms with Crippen LogP contribution in [0.2, 0.25) is 0 Å². The SMILES string of the molecule is Cc1cccc2ccc3cccc(-c4cccc5ccc6cc(-c7ccc(-c8ccc9cc(-c%10cc%11cccnc%11c%11ncccc%10%11)ccc9c8)cc7)ccc6c45)c3c12. The highest BCUT2D eigenvalue weighted by Gasteiger charge is 2.15. The monoisotopic (exact) mass is 748 g/mol. The summed E-state index contributed by atoms with van der Waals surface area (Å²) in [6, 6.07) is 69.2. The highest BCUT2D eigenvalue weighted by atomic mass is 14.7. The molecule has 2 heterocycles. The molecule has 0 N–H and O–H groups in total. The van der Waals surface area contributed by atoms with Crippen molar-refractivity contribution in [2.75, 3.05) is 0 Å². The lowest BCUT2D eigenvalue weighted by molar-refractivity contribution is 1.37. The van der Waals surface area contributed by atoms with E-state index in [9.17, 15) is 0 Å². The molecule has 0 unspecified atom stereocenters. The van der Waals surface area contributed by atoms with Crippen molar-refractivity contribution in [2.24, 2.45) is 0 Å². The number of nitrogens with zero attached hydrogens (tertiary/aromatic N) is 2. The molecular formula is C57H36N2. The fraction of sp³-hybridized carbons (Fsp3) is 0.0175. The Morgan fingerprint density at radius 2 is 0.797 bits per heavy atom. The number of rotatable bonds is 4. The molecule has 2 aromatic heterocycles. The number of benzene rings is 10. The molecule has 0 saturated carbocycles. The maximum absolute atomic E-state index is 4.72. The third kappa shape index (κ3) is 5.41. The molecule has 0 radical (unpaired) electrons. The van der Waals surface area contributed by atoms with Crippen molar-refractivity contribution in [3.05, 3.63) is 206 Å². The van der Waals surface area contributed by atoms with Gasteiger partial charge < -0.3 is 0 Å². The molecule has 0 bridgehead atoms. The summed E-state index contributed by atoms with van der Waals surface area (Å²) in [4.78, 5) is 9.37. The fourth-order valence-electron chi connectivity index (χ4n) is 9.55. The van der Waals surface area contributed by atoms with Crippen LogP contribution in [0.15, 0.2) is 200 Å². The molecule has 2 nitrogen and oxygen atoms in total. The Hall–Kier alpha value is -7.68. The first kappa shape index (κ1) is 33.5. The molecule has 0 fully saturated rings. The van der Waals surface area contributed by atoms with E-state index in [4.69, 9.17) is 4.98 Å². The molecule has 2 heteroatoms. The van der Waals surface area contributed by atoms with Gasteiger partial charge in [-0.05, 0) is 147 Å². The van der Waals surface area contributed by atoms with Gasteiger partial charge in [-0.25, -0.2) is 0 Å². The molecule has 0 amide bonds. The van der Waals surface area contributed by atoms with Crippen molar-refractivity contribution in [3.8, 4) is 44.5 Å². The van der Waals surface area contributed by atoms with Crippen LogP contribution in [0.25, 0.3) is 120 Å². The summed E-state index contributed by atoms with van der Waals surface area (Å²) >= 11 is 0. The molecule has 0 spiro atoms. The summed E-state index contributed by atoms with van der Waals surface area (Å²) in [5.41, 5.74) is 12.9. The fourth-order valence-corrected chi connectivity index (χ4v) is 9.55. The van der Waals surface area contributed by atoms with Crippen molar-refractivity contribution < 1.29 is 0 Å². The van der Waals surface area contributed by atoms with Crippen molar-refractivity contribution in [1.29, 1.82) is 0 Å². The highest BCUT2D eigenvalue weighted by Crippen LogP contribution is 2.42. The number of hydrogen-bond donors (Lipinski definition) is 0. The Bertz CT molecular complexity index is 3670. The normalized spacial score (nSPS) is 11.8. The third-order valence-corrected chi connectivity index (χ3v) is 12.4. The summed E-state index contributed by atoms with van der Waals surface area (Å²) in [6.07, 6.45) is 3.69. The molecular weight excluding hydrogens is 713 g/mol. The van der Waals surface area contributed by atoms with Crippen LogP contribution in [-0.4, -0.2) is 9.97 Å². The molecule has 0 aliphatic heterocycles. The first-order chi connectivity index (χ1) is 29.1. The minimum absolute atomic E-state index is 0.937. The lowest BCUT2D eigenvalue weighted by atomic mass is 9.88. The van der Waals surface area contributed by atoms with E-state index >= 15 is 0 Å². The minimum Gasteiger partial charge on any atom is -0.254 e. The number of fused-ring (bicyclic) bond motifs is 10. The molecule has 59 heavy (non-hydrogen) atoms. The summed E-state index contributed by atoms with van der Waals surface area (Å²) in [5, 5.41) is 14.9. The molecule has 10 aromatic carbocycles. The number of pyridine rings is 2. The predicted octanol–water partition coefficient (Wildman–Crippen LogP) is 15.5. The average molecular weight is 749 g/mol. The smallest absolute Gasteiger partial charge is 0.0970 e. The van der Waals surface area contributed by atoms with Gasteiger partial charge in [0.2, 0.25) is 0 Å². The summed E-state index contributed by atoms with van der Waals surface area (Å²) in [6.45, 7) is 2.23.